The van der Waals surface area contributed by atoms with Gasteiger partial charge in [0.05, 0.1) is 10.6 Å². The summed E-state index contributed by atoms with van der Waals surface area (Å²) in [5.74, 6) is 0.600. The zero-order chi connectivity index (χ0) is 19.4. The van der Waals surface area contributed by atoms with Crippen LogP contribution in [0.2, 0.25) is 0 Å². The zero-order valence-corrected chi connectivity index (χ0v) is 15.9. The molecule has 28 heavy (non-hydrogen) atoms. The molecule has 0 spiro atoms. The maximum atomic E-state index is 12.8. The first-order valence-corrected chi connectivity index (χ1v) is 10.4. The molecular weight excluding hydrogens is 370 g/mol. The van der Waals surface area contributed by atoms with Crippen LogP contribution in [-0.4, -0.2) is 8.42 Å². The van der Waals surface area contributed by atoms with Crippen LogP contribution >= 0.6 is 0 Å². The van der Waals surface area contributed by atoms with Crippen LogP contribution in [0.15, 0.2) is 102 Å². The lowest BCUT2D eigenvalue weighted by Crippen LogP contribution is -2.13. The van der Waals surface area contributed by atoms with E-state index in [1.54, 1.807) is 36.4 Å². The summed E-state index contributed by atoms with van der Waals surface area (Å²) in [5, 5.41) is 1.88. The summed E-state index contributed by atoms with van der Waals surface area (Å²) in [6.45, 7) is 0.418. The Morgan fingerprint density at radius 3 is 2.29 bits per heavy atom. The van der Waals surface area contributed by atoms with Gasteiger partial charge in [-0.1, -0.05) is 66.7 Å². The van der Waals surface area contributed by atoms with Gasteiger partial charge < -0.3 is 4.74 Å². The Hall–Kier alpha value is -3.31. The molecule has 5 heteroatoms. The van der Waals surface area contributed by atoms with Crippen molar-refractivity contribution in [2.24, 2.45) is 0 Å². The molecule has 0 aliphatic heterocycles. The highest BCUT2D eigenvalue weighted by Gasteiger charge is 2.15. The molecule has 0 atom stereocenters. The second kappa shape index (κ2) is 7.74. The zero-order valence-electron chi connectivity index (χ0n) is 15.1. The summed E-state index contributed by atoms with van der Waals surface area (Å²) in [4.78, 5) is 0.224. The third kappa shape index (κ3) is 4.15. The van der Waals surface area contributed by atoms with Crippen LogP contribution < -0.4 is 9.46 Å². The minimum Gasteiger partial charge on any atom is -0.489 e. The third-order valence-electron chi connectivity index (χ3n) is 4.37. The fourth-order valence-corrected chi connectivity index (χ4v) is 4.02. The van der Waals surface area contributed by atoms with Crippen molar-refractivity contribution >= 4 is 26.5 Å². The minimum absolute atomic E-state index is 0.224. The van der Waals surface area contributed by atoms with Crippen LogP contribution in [0.25, 0.3) is 10.8 Å². The largest absolute Gasteiger partial charge is 0.489 e. The Balaban J connectivity index is 1.52. The molecule has 4 aromatic carbocycles. The molecule has 0 radical (unpaired) electrons. The number of anilines is 1. The predicted molar refractivity (Wildman–Crippen MR) is 112 cm³/mol. The summed E-state index contributed by atoms with van der Waals surface area (Å²) in [5.41, 5.74) is 1.50. The van der Waals surface area contributed by atoms with Crippen molar-refractivity contribution in [1.29, 1.82) is 0 Å². The number of hydrogen-bond donors (Lipinski definition) is 1. The highest BCUT2D eigenvalue weighted by Crippen LogP contribution is 2.24. The van der Waals surface area contributed by atoms with Crippen LogP contribution in [0.3, 0.4) is 0 Å². The lowest BCUT2D eigenvalue weighted by atomic mass is 10.1. The first-order valence-electron chi connectivity index (χ1n) is 8.89. The molecule has 0 fully saturated rings. The van der Waals surface area contributed by atoms with Crippen molar-refractivity contribution < 1.29 is 13.2 Å². The van der Waals surface area contributed by atoms with Gasteiger partial charge in [0.1, 0.15) is 12.4 Å². The van der Waals surface area contributed by atoms with E-state index >= 15 is 0 Å². The second-order valence-electron chi connectivity index (χ2n) is 6.42. The number of hydrogen-bond acceptors (Lipinski definition) is 3. The Morgan fingerprint density at radius 2 is 1.46 bits per heavy atom. The molecule has 0 aliphatic rings. The number of nitrogens with one attached hydrogen (secondary N) is 1. The highest BCUT2D eigenvalue weighted by molar-refractivity contribution is 7.92. The van der Waals surface area contributed by atoms with Gasteiger partial charge >= 0.3 is 0 Å². The molecule has 0 saturated heterocycles. The Kier molecular flexibility index (Phi) is 5.00. The third-order valence-corrected chi connectivity index (χ3v) is 5.74. The normalized spacial score (nSPS) is 11.3. The topological polar surface area (TPSA) is 55.4 Å². The molecular formula is C23H19NO3S. The molecule has 0 heterocycles. The van der Waals surface area contributed by atoms with Gasteiger partial charge in [-0.3, -0.25) is 4.72 Å². The van der Waals surface area contributed by atoms with Crippen LogP contribution in [0, 0.1) is 0 Å². The molecule has 4 nitrogen and oxygen atoms in total. The van der Waals surface area contributed by atoms with Crippen LogP contribution in [0.1, 0.15) is 5.56 Å². The molecule has 1 N–H and O–H groups in total. The van der Waals surface area contributed by atoms with E-state index in [-0.39, 0.29) is 4.90 Å². The number of fused-ring (bicyclic) bond motifs is 1. The maximum Gasteiger partial charge on any atom is 0.261 e. The van der Waals surface area contributed by atoms with Crippen LogP contribution in [-0.2, 0) is 16.6 Å². The first-order chi connectivity index (χ1) is 13.6. The highest BCUT2D eigenvalue weighted by atomic mass is 32.2. The lowest BCUT2D eigenvalue weighted by molar-refractivity contribution is 0.306. The number of ether oxygens (including phenoxy) is 1. The SMILES string of the molecule is O=S(=O)(Nc1cccc(OCc2ccccc2)c1)c1ccc2ccccc2c1. The van der Waals surface area contributed by atoms with Gasteiger partial charge in [-0.05, 0) is 40.6 Å². The van der Waals surface area contributed by atoms with Gasteiger partial charge in [-0.2, -0.15) is 0 Å². The van der Waals surface area contributed by atoms with Crippen LogP contribution in [0.5, 0.6) is 5.75 Å². The van der Waals surface area contributed by atoms with Crippen molar-refractivity contribution in [1.82, 2.24) is 0 Å². The fourth-order valence-electron chi connectivity index (χ4n) is 2.94. The summed E-state index contributed by atoms with van der Waals surface area (Å²) < 4.78 is 34.0. The van der Waals surface area contributed by atoms with Gasteiger partial charge in [0.15, 0.2) is 0 Å². The molecule has 0 aliphatic carbocycles. The fraction of sp³-hybridized carbons (Fsp3) is 0.0435. The molecule has 4 aromatic rings. The van der Waals surface area contributed by atoms with E-state index in [4.69, 9.17) is 4.74 Å². The number of sulfonamides is 1. The van der Waals surface area contributed by atoms with E-state index in [0.29, 0.717) is 18.0 Å². The summed E-state index contributed by atoms with van der Waals surface area (Å²) in [7, 11) is -3.69. The molecule has 0 saturated carbocycles. The molecule has 0 aromatic heterocycles. The Bertz CT molecular complexity index is 1200. The molecule has 0 unspecified atom stereocenters. The number of benzene rings is 4. The van der Waals surface area contributed by atoms with Crippen molar-refractivity contribution in [3.63, 3.8) is 0 Å². The quantitative estimate of drug-likeness (QED) is 0.492. The van der Waals surface area contributed by atoms with Gasteiger partial charge in [-0.15, -0.1) is 0 Å². The van der Waals surface area contributed by atoms with E-state index in [1.165, 1.54) is 0 Å². The predicted octanol–water partition coefficient (Wildman–Crippen LogP) is 5.22. The average molecular weight is 389 g/mol. The Labute approximate surface area is 164 Å². The average Bonchev–Trinajstić information content (AvgIpc) is 2.72. The van der Waals surface area contributed by atoms with Gasteiger partial charge in [0.25, 0.3) is 10.0 Å². The molecule has 0 bridgehead atoms. The van der Waals surface area contributed by atoms with E-state index in [9.17, 15) is 8.42 Å². The van der Waals surface area contributed by atoms with E-state index in [0.717, 1.165) is 16.3 Å². The molecule has 140 valence electrons. The van der Waals surface area contributed by atoms with E-state index < -0.39 is 10.0 Å². The van der Waals surface area contributed by atoms with Gasteiger partial charge in [-0.25, -0.2) is 8.42 Å². The first kappa shape index (κ1) is 18.1. The number of rotatable bonds is 6. The van der Waals surface area contributed by atoms with Crippen LogP contribution in [0.4, 0.5) is 5.69 Å². The molecule has 0 amide bonds. The van der Waals surface area contributed by atoms with Crippen molar-refractivity contribution in [2.75, 3.05) is 4.72 Å². The lowest BCUT2D eigenvalue weighted by Gasteiger charge is -2.11. The maximum absolute atomic E-state index is 12.8. The Morgan fingerprint density at radius 1 is 0.714 bits per heavy atom. The smallest absolute Gasteiger partial charge is 0.261 e. The summed E-state index contributed by atoms with van der Waals surface area (Å²) >= 11 is 0. The standard InChI is InChI=1S/C23H19NO3S/c25-28(26,23-14-13-19-9-4-5-10-20(19)15-23)24-21-11-6-12-22(16-21)27-17-18-7-2-1-3-8-18/h1-16,24H,17H2. The summed E-state index contributed by atoms with van der Waals surface area (Å²) in [6, 6.07) is 29.5. The van der Waals surface area contributed by atoms with E-state index in [1.807, 2.05) is 60.7 Å². The summed E-state index contributed by atoms with van der Waals surface area (Å²) in [6.07, 6.45) is 0. The molecule has 4 rings (SSSR count). The van der Waals surface area contributed by atoms with Crippen molar-refractivity contribution in [2.45, 2.75) is 11.5 Å². The monoisotopic (exact) mass is 389 g/mol. The van der Waals surface area contributed by atoms with Gasteiger partial charge in [0.2, 0.25) is 0 Å². The van der Waals surface area contributed by atoms with Crippen molar-refractivity contribution in [3.8, 4) is 5.75 Å². The second-order valence-corrected chi connectivity index (χ2v) is 8.10. The van der Waals surface area contributed by atoms with Gasteiger partial charge in [0, 0.05) is 6.07 Å². The van der Waals surface area contributed by atoms with E-state index in [2.05, 4.69) is 4.72 Å². The van der Waals surface area contributed by atoms with Crippen molar-refractivity contribution in [3.05, 3.63) is 103 Å². The minimum atomic E-state index is -3.69.